The summed E-state index contributed by atoms with van der Waals surface area (Å²) in [4.78, 5) is 12.6. The first-order chi connectivity index (χ1) is 11.6. The van der Waals surface area contributed by atoms with E-state index in [2.05, 4.69) is 33.9 Å². The van der Waals surface area contributed by atoms with E-state index in [1.54, 1.807) is 0 Å². The maximum Gasteiger partial charge on any atom is 0.335 e. The summed E-state index contributed by atoms with van der Waals surface area (Å²) in [6, 6.07) is 0. The summed E-state index contributed by atoms with van der Waals surface area (Å²) in [5.41, 5.74) is -0.488. The van der Waals surface area contributed by atoms with Gasteiger partial charge in [-0.25, -0.2) is 4.79 Å². The van der Waals surface area contributed by atoms with Crippen molar-refractivity contribution < 1.29 is 23.4 Å². The van der Waals surface area contributed by atoms with Gasteiger partial charge in [0.05, 0.1) is 6.61 Å². The van der Waals surface area contributed by atoms with Crippen LogP contribution in [-0.4, -0.2) is 45.0 Å². The lowest BCUT2D eigenvalue weighted by Crippen LogP contribution is -2.60. The number of ether oxygens (including phenoxy) is 3. The molecule has 0 N–H and O–H groups in total. The van der Waals surface area contributed by atoms with Gasteiger partial charge in [-0.15, -0.1) is 0 Å². The summed E-state index contributed by atoms with van der Waals surface area (Å²) in [5, 5.41) is 0.0705. The van der Waals surface area contributed by atoms with Crippen LogP contribution in [0.15, 0.2) is 0 Å². The third-order valence-corrected chi connectivity index (χ3v) is 11.2. The van der Waals surface area contributed by atoms with Gasteiger partial charge in [0.25, 0.3) is 0 Å². The average molecular weight is 371 g/mol. The molecule has 0 amide bonds. The fourth-order valence-corrected chi connectivity index (χ4v) is 5.99. The van der Waals surface area contributed by atoms with Gasteiger partial charge in [-0.1, -0.05) is 20.8 Å². The third-order valence-electron chi connectivity index (χ3n) is 6.74. The second-order valence-electron chi connectivity index (χ2n) is 9.25. The summed E-state index contributed by atoms with van der Waals surface area (Å²) in [6.45, 7) is 14.1. The topological polar surface area (TPSA) is 54.0 Å². The molecule has 3 fully saturated rings. The normalized spacial score (nSPS) is 38.3. The van der Waals surface area contributed by atoms with Crippen molar-refractivity contribution in [2.45, 2.75) is 95.4 Å². The Balaban J connectivity index is 1.97. The summed E-state index contributed by atoms with van der Waals surface area (Å²) in [6.07, 6.45) is 4.05. The molecule has 0 radical (unpaired) electrons. The van der Waals surface area contributed by atoms with E-state index in [-0.39, 0.29) is 16.9 Å². The molecule has 0 aromatic heterocycles. The van der Waals surface area contributed by atoms with Crippen LogP contribution in [0.25, 0.3) is 0 Å². The fourth-order valence-electron chi connectivity index (χ4n) is 4.54. The van der Waals surface area contributed by atoms with Gasteiger partial charge in [0.1, 0.15) is 5.60 Å². The predicted octanol–water partition coefficient (Wildman–Crippen LogP) is 4.02. The molecule has 2 saturated heterocycles. The van der Waals surface area contributed by atoms with Gasteiger partial charge in [-0.3, -0.25) is 0 Å². The van der Waals surface area contributed by atoms with Crippen LogP contribution in [0.2, 0.25) is 18.1 Å². The largest absolute Gasteiger partial charge is 0.464 e. The lowest BCUT2D eigenvalue weighted by Gasteiger charge is -2.49. The summed E-state index contributed by atoms with van der Waals surface area (Å²) >= 11 is 0. The van der Waals surface area contributed by atoms with Gasteiger partial charge in [0.15, 0.2) is 20.2 Å². The highest BCUT2D eigenvalue weighted by atomic mass is 28.4. The molecular formula is C19H34O5Si. The Bertz CT molecular complexity index is 528. The summed E-state index contributed by atoms with van der Waals surface area (Å²) in [7, 11) is -2.09. The Labute approximate surface area is 152 Å². The van der Waals surface area contributed by atoms with Gasteiger partial charge in [0, 0.05) is 18.9 Å². The van der Waals surface area contributed by atoms with Crippen molar-refractivity contribution in [3.63, 3.8) is 0 Å². The molecule has 1 spiro atoms. The molecule has 5 nitrogen and oxygen atoms in total. The smallest absolute Gasteiger partial charge is 0.335 e. The Morgan fingerprint density at radius 2 is 1.96 bits per heavy atom. The third kappa shape index (κ3) is 2.89. The van der Waals surface area contributed by atoms with E-state index >= 15 is 0 Å². The van der Waals surface area contributed by atoms with Crippen molar-refractivity contribution in [1.82, 2.24) is 0 Å². The van der Waals surface area contributed by atoms with E-state index in [9.17, 15) is 4.79 Å². The highest BCUT2D eigenvalue weighted by molar-refractivity contribution is 6.74. The molecule has 0 aromatic carbocycles. The molecule has 1 unspecified atom stereocenters. The van der Waals surface area contributed by atoms with Crippen molar-refractivity contribution in [3.05, 3.63) is 0 Å². The number of hydrogen-bond donors (Lipinski definition) is 0. The quantitative estimate of drug-likeness (QED) is 0.553. The van der Waals surface area contributed by atoms with Crippen LogP contribution in [0.4, 0.5) is 0 Å². The van der Waals surface area contributed by atoms with Crippen molar-refractivity contribution in [2.75, 3.05) is 13.2 Å². The molecule has 6 heteroatoms. The lowest BCUT2D eigenvalue weighted by molar-refractivity contribution is -0.258. The fraction of sp³-hybridized carbons (Fsp3) is 0.947. The molecule has 25 heavy (non-hydrogen) atoms. The molecule has 4 atom stereocenters. The molecule has 3 aliphatic rings. The minimum atomic E-state index is -2.09. The molecular weight excluding hydrogens is 336 g/mol. The first kappa shape index (κ1) is 19.3. The van der Waals surface area contributed by atoms with E-state index in [0.29, 0.717) is 6.61 Å². The molecule has 144 valence electrons. The molecule has 1 saturated carbocycles. The number of esters is 1. The lowest BCUT2D eigenvalue weighted by atomic mass is 9.77. The van der Waals surface area contributed by atoms with Crippen molar-refractivity contribution in [2.24, 2.45) is 5.92 Å². The van der Waals surface area contributed by atoms with Crippen LogP contribution in [0.3, 0.4) is 0 Å². The molecule has 2 heterocycles. The number of carbonyl (C=O) groups is 1. The van der Waals surface area contributed by atoms with Gasteiger partial charge in [0.2, 0.25) is 0 Å². The van der Waals surface area contributed by atoms with Crippen LogP contribution in [0.5, 0.6) is 0 Å². The summed E-state index contributed by atoms with van der Waals surface area (Å²) in [5.74, 6) is -1.02. The predicted molar refractivity (Wildman–Crippen MR) is 97.8 cm³/mol. The highest BCUT2D eigenvalue weighted by Gasteiger charge is 2.73. The van der Waals surface area contributed by atoms with Crippen LogP contribution < -0.4 is 0 Å². The molecule has 0 aromatic rings. The number of carbonyl (C=O) groups excluding carboxylic acids is 1. The summed E-state index contributed by atoms with van der Waals surface area (Å²) < 4.78 is 25.1. The maximum absolute atomic E-state index is 12.6. The second kappa shape index (κ2) is 6.32. The maximum atomic E-state index is 12.6. The van der Waals surface area contributed by atoms with Crippen LogP contribution in [-0.2, 0) is 23.4 Å². The Hall–Kier alpha value is -0.433. The van der Waals surface area contributed by atoms with Gasteiger partial charge < -0.3 is 18.6 Å². The average Bonchev–Trinajstić information content (AvgIpc) is 2.95. The van der Waals surface area contributed by atoms with Crippen LogP contribution in [0, 0.1) is 5.92 Å². The Morgan fingerprint density at radius 1 is 1.24 bits per heavy atom. The van der Waals surface area contributed by atoms with E-state index in [4.69, 9.17) is 18.6 Å². The minimum Gasteiger partial charge on any atom is -0.464 e. The van der Waals surface area contributed by atoms with Gasteiger partial charge >= 0.3 is 5.97 Å². The van der Waals surface area contributed by atoms with E-state index in [1.165, 1.54) is 0 Å². The monoisotopic (exact) mass is 370 g/mol. The Morgan fingerprint density at radius 3 is 2.60 bits per heavy atom. The van der Waals surface area contributed by atoms with Gasteiger partial charge in [-0.05, 0) is 50.7 Å². The second-order valence-corrected chi connectivity index (χ2v) is 14.0. The first-order valence-electron chi connectivity index (χ1n) is 9.77. The Kier molecular flexibility index (Phi) is 4.89. The zero-order valence-electron chi connectivity index (χ0n) is 16.6. The zero-order chi connectivity index (χ0) is 18.5. The molecule has 1 aliphatic carbocycles. The standard InChI is InChI=1S/C19H34O5Si/c1-7-21-16(20)15-14-10-8-13-22-18(14)11-9-12-19(18,23-15)24-25(5,6)17(2,3)4/h14-15H,7-13H2,1-6H3/t14-,15?,18-,19+/m1/s1. The van der Waals surface area contributed by atoms with Crippen LogP contribution in [0.1, 0.15) is 59.8 Å². The highest BCUT2D eigenvalue weighted by Crippen LogP contribution is 2.61. The van der Waals surface area contributed by atoms with Crippen molar-refractivity contribution in [1.29, 1.82) is 0 Å². The van der Waals surface area contributed by atoms with Crippen molar-refractivity contribution in [3.8, 4) is 0 Å². The number of hydrogen-bond acceptors (Lipinski definition) is 5. The van der Waals surface area contributed by atoms with Crippen LogP contribution >= 0.6 is 0 Å². The van der Waals surface area contributed by atoms with E-state index in [1.807, 2.05) is 6.92 Å². The minimum absolute atomic E-state index is 0.0348. The molecule has 2 aliphatic heterocycles. The first-order valence-corrected chi connectivity index (χ1v) is 12.7. The van der Waals surface area contributed by atoms with E-state index in [0.717, 1.165) is 38.7 Å². The van der Waals surface area contributed by atoms with Gasteiger partial charge in [-0.2, -0.15) is 0 Å². The molecule has 3 rings (SSSR count). The zero-order valence-corrected chi connectivity index (χ0v) is 17.6. The number of rotatable bonds is 4. The molecule has 0 bridgehead atoms. The SMILES string of the molecule is CCOC(=O)C1O[C@]2(O[Si](C)(C)C(C)(C)C)CCC[C@]23OCCC[C@H]13. The van der Waals surface area contributed by atoms with Crippen molar-refractivity contribution >= 4 is 14.3 Å². The van der Waals surface area contributed by atoms with E-state index < -0.39 is 25.8 Å².